The Morgan fingerprint density at radius 1 is 1.24 bits per heavy atom. The molecule has 2 aliphatic heterocycles. The molecule has 98 valence electrons. The number of rotatable bonds is 5. The number of likely N-dealkylation sites (tertiary alicyclic amines) is 1. The lowest BCUT2D eigenvalue weighted by Gasteiger charge is -2.25. The van der Waals surface area contributed by atoms with E-state index >= 15 is 0 Å². The largest absolute Gasteiger partial charge is 0.393 e. The second-order valence-corrected chi connectivity index (χ2v) is 6.09. The summed E-state index contributed by atoms with van der Waals surface area (Å²) in [6, 6.07) is 1.65. The van der Waals surface area contributed by atoms with E-state index in [1.54, 1.807) is 0 Å². The van der Waals surface area contributed by atoms with Crippen LogP contribution in [0.5, 0.6) is 0 Å². The zero-order valence-corrected chi connectivity index (χ0v) is 11.7. The van der Waals surface area contributed by atoms with Crippen molar-refractivity contribution in [3.63, 3.8) is 0 Å². The van der Waals surface area contributed by atoms with Gasteiger partial charge < -0.3 is 10.6 Å². The lowest BCUT2D eigenvalue weighted by Crippen LogP contribution is -2.37. The van der Waals surface area contributed by atoms with Gasteiger partial charge in [0.05, 0.1) is 4.99 Å². The summed E-state index contributed by atoms with van der Waals surface area (Å²) in [6.45, 7) is 3.76. The topological polar surface area (TPSA) is 32.5 Å². The second-order valence-electron chi connectivity index (χ2n) is 5.56. The summed E-state index contributed by atoms with van der Waals surface area (Å²) in [7, 11) is 2.30. The van der Waals surface area contributed by atoms with Crippen LogP contribution < -0.4 is 5.73 Å². The summed E-state index contributed by atoms with van der Waals surface area (Å²) >= 11 is 4.90. The molecule has 2 heterocycles. The minimum absolute atomic E-state index is 0.666. The fourth-order valence-corrected chi connectivity index (χ4v) is 3.36. The Morgan fingerprint density at radius 3 is 2.76 bits per heavy atom. The molecule has 0 aromatic carbocycles. The molecule has 2 unspecified atom stereocenters. The van der Waals surface area contributed by atoms with Gasteiger partial charge in [-0.2, -0.15) is 0 Å². The number of unbranched alkanes of at least 4 members (excludes halogenated alkanes) is 1. The SMILES string of the molecule is CN1C2CCC1CN(CCCCC(N)=S)CC2. The van der Waals surface area contributed by atoms with E-state index in [2.05, 4.69) is 16.8 Å². The molecule has 0 amide bonds. The minimum atomic E-state index is 0.666. The maximum Gasteiger partial charge on any atom is 0.0727 e. The number of thiocarbonyl (C=S) groups is 1. The van der Waals surface area contributed by atoms with Gasteiger partial charge in [-0.05, 0) is 58.7 Å². The second kappa shape index (κ2) is 6.12. The van der Waals surface area contributed by atoms with Crippen molar-refractivity contribution in [1.29, 1.82) is 0 Å². The normalized spacial score (nSPS) is 30.4. The summed E-state index contributed by atoms with van der Waals surface area (Å²) in [5.74, 6) is 0. The molecule has 2 N–H and O–H groups in total. The van der Waals surface area contributed by atoms with Crippen LogP contribution in [-0.4, -0.2) is 53.6 Å². The molecule has 0 aromatic heterocycles. The maximum atomic E-state index is 5.52. The van der Waals surface area contributed by atoms with Crippen LogP contribution in [-0.2, 0) is 0 Å². The van der Waals surface area contributed by atoms with Crippen molar-refractivity contribution >= 4 is 17.2 Å². The number of hydrogen-bond donors (Lipinski definition) is 1. The first-order chi connectivity index (χ1) is 8.16. The lowest BCUT2D eigenvalue weighted by molar-refractivity contribution is 0.217. The number of nitrogens with zero attached hydrogens (tertiary/aromatic N) is 2. The van der Waals surface area contributed by atoms with Crippen LogP contribution in [0.25, 0.3) is 0 Å². The van der Waals surface area contributed by atoms with Crippen molar-refractivity contribution in [2.24, 2.45) is 5.73 Å². The Balaban J connectivity index is 1.70. The molecule has 0 radical (unpaired) electrons. The molecule has 4 heteroatoms. The van der Waals surface area contributed by atoms with Gasteiger partial charge in [0.25, 0.3) is 0 Å². The summed E-state index contributed by atoms with van der Waals surface area (Å²) < 4.78 is 0. The van der Waals surface area contributed by atoms with Crippen LogP contribution in [0.3, 0.4) is 0 Å². The van der Waals surface area contributed by atoms with Crippen LogP contribution in [0.4, 0.5) is 0 Å². The quantitative estimate of drug-likeness (QED) is 0.597. The summed E-state index contributed by atoms with van der Waals surface area (Å²) in [6.07, 6.45) is 7.45. The zero-order chi connectivity index (χ0) is 12.3. The van der Waals surface area contributed by atoms with E-state index in [9.17, 15) is 0 Å². The third-order valence-corrected chi connectivity index (χ3v) is 4.58. The van der Waals surface area contributed by atoms with E-state index in [4.69, 9.17) is 18.0 Å². The van der Waals surface area contributed by atoms with Gasteiger partial charge in [0.2, 0.25) is 0 Å². The number of fused-ring (bicyclic) bond motifs is 2. The standard InChI is InChI=1S/C13H25N3S/c1-15-11-5-6-12(15)10-16(9-7-11)8-3-2-4-13(14)17/h11-12H,2-10H2,1H3,(H2,14,17). The molecule has 17 heavy (non-hydrogen) atoms. The van der Waals surface area contributed by atoms with Crippen molar-refractivity contribution in [1.82, 2.24) is 9.80 Å². The Morgan fingerprint density at radius 2 is 2.00 bits per heavy atom. The highest BCUT2D eigenvalue weighted by molar-refractivity contribution is 7.80. The first-order valence-electron chi connectivity index (χ1n) is 6.89. The van der Waals surface area contributed by atoms with Crippen LogP contribution in [0.2, 0.25) is 0 Å². The third kappa shape index (κ3) is 3.63. The highest BCUT2D eigenvalue weighted by atomic mass is 32.1. The Kier molecular flexibility index (Phi) is 4.77. The van der Waals surface area contributed by atoms with E-state index in [-0.39, 0.29) is 0 Å². The minimum Gasteiger partial charge on any atom is -0.393 e. The lowest BCUT2D eigenvalue weighted by atomic mass is 10.1. The Labute approximate surface area is 110 Å². The van der Waals surface area contributed by atoms with Gasteiger partial charge in [0, 0.05) is 18.6 Å². The van der Waals surface area contributed by atoms with Gasteiger partial charge in [0.15, 0.2) is 0 Å². The van der Waals surface area contributed by atoms with Crippen molar-refractivity contribution < 1.29 is 0 Å². The smallest absolute Gasteiger partial charge is 0.0727 e. The van der Waals surface area contributed by atoms with E-state index in [1.165, 1.54) is 45.3 Å². The van der Waals surface area contributed by atoms with Crippen LogP contribution in [0.15, 0.2) is 0 Å². The summed E-state index contributed by atoms with van der Waals surface area (Å²) in [4.78, 5) is 5.91. The van der Waals surface area contributed by atoms with E-state index in [0.29, 0.717) is 4.99 Å². The number of likely N-dealkylation sites (N-methyl/N-ethyl adjacent to an activating group) is 1. The van der Waals surface area contributed by atoms with Crippen LogP contribution in [0, 0.1) is 0 Å². The van der Waals surface area contributed by atoms with Gasteiger partial charge in [-0.25, -0.2) is 0 Å². The van der Waals surface area contributed by atoms with Crippen molar-refractivity contribution in [2.75, 3.05) is 26.7 Å². The molecule has 2 fully saturated rings. The van der Waals surface area contributed by atoms with Crippen molar-refractivity contribution in [2.45, 2.75) is 50.6 Å². The van der Waals surface area contributed by atoms with Gasteiger partial charge in [-0.15, -0.1) is 0 Å². The Bertz CT molecular complexity index is 269. The fourth-order valence-electron chi connectivity index (χ4n) is 3.22. The molecular weight excluding hydrogens is 230 g/mol. The molecule has 0 spiro atoms. The number of nitrogens with two attached hydrogens (primary N) is 1. The summed E-state index contributed by atoms with van der Waals surface area (Å²) in [5.41, 5.74) is 5.52. The van der Waals surface area contributed by atoms with Crippen molar-refractivity contribution in [3.05, 3.63) is 0 Å². The van der Waals surface area contributed by atoms with Crippen molar-refractivity contribution in [3.8, 4) is 0 Å². The first kappa shape index (κ1) is 13.2. The molecule has 0 saturated carbocycles. The molecule has 2 bridgehead atoms. The average molecular weight is 255 g/mol. The summed E-state index contributed by atoms with van der Waals surface area (Å²) in [5, 5.41) is 0. The van der Waals surface area contributed by atoms with E-state index in [0.717, 1.165) is 24.9 Å². The molecule has 0 aromatic rings. The molecule has 0 aliphatic carbocycles. The predicted octanol–water partition coefficient (Wildman–Crippen LogP) is 1.61. The van der Waals surface area contributed by atoms with Gasteiger partial charge in [-0.1, -0.05) is 12.2 Å². The molecule has 2 rings (SSSR count). The van der Waals surface area contributed by atoms with Gasteiger partial charge >= 0.3 is 0 Å². The van der Waals surface area contributed by atoms with Crippen LogP contribution in [0.1, 0.15) is 38.5 Å². The molecular formula is C13H25N3S. The molecule has 3 nitrogen and oxygen atoms in total. The Hall–Kier alpha value is -0.190. The van der Waals surface area contributed by atoms with Gasteiger partial charge in [-0.3, -0.25) is 4.90 Å². The highest BCUT2D eigenvalue weighted by Crippen LogP contribution is 2.28. The van der Waals surface area contributed by atoms with E-state index < -0.39 is 0 Å². The van der Waals surface area contributed by atoms with Gasteiger partial charge in [0.1, 0.15) is 0 Å². The monoisotopic (exact) mass is 255 g/mol. The average Bonchev–Trinajstić information content (AvgIpc) is 2.51. The van der Waals surface area contributed by atoms with E-state index in [1.807, 2.05) is 0 Å². The third-order valence-electron chi connectivity index (χ3n) is 4.38. The zero-order valence-electron chi connectivity index (χ0n) is 10.9. The predicted molar refractivity (Wildman–Crippen MR) is 76.3 cm³/mol. The first-order valence-corrected chi connectivity index (χ1v) is 7.30. The molecule has 2 atom stereocenters. The molecule has 2 aliphatic rings. The fraction of sp³-hybridized carbons (Fsp3) is 0.923. The highest BCUT2D eigenvalue weighted by Gasteiger charge is 2.34. The maximum absolute atomic E-state index is 5.52. The number of hydrogen-bond acceptors (Lipinski definition) is 3. The molecule has 2 saturated heterocycles. The van der Waals surface area contributed by atoms with Crippen LogP contribution >= 0.6 is 12.2 Å².